The third-order valence-electron chi connectivity index (χ3n) is 6.49. The van der Waals surface area contributed by atoms with Crippen molar-refractivity contribution >= 4 is 22.6 Å². The van der Waals surface area contributed by atoms with E-state index in [1.54, 1.807) is 11.8 Å². The Labute approximate surface area is 211 Å². The molecule has 4 aromatic rings. The summed E-state index contributed by atoms with van der Waals surface area (Å²) in [6.45, 7) is 5.44. The molecule has 0 spiro atoms. The summed E-state index contributed by atoms with van der Waals surface area (Å²) >= 11 is 0. The highest BCUT2D eigenvalue weighted by atomic mass is 19.1. The summed E-state index contributed by atoms with van der Waals surface area (Å²) in [5.41, 5.74) is 3.10. The van der Waals surface area contributed by atoms with E-state index in [2.05, 4.69) is 20.2 Å². The fourth-order valence-electron chi connectivity index (χ4n) is 4.60. The zero-order valence-corrected chi connectivity index (χ0v) is 20.3. The van der Waals surface area contributed by atoms with Gasteiger partial charge in [-0.25, -0.2) is 4.39 Å². The number of fused-ring (bicyclic) bond motifs is 1. The smallest absolute Gasteiger partial charge is 0.273 e. The molecule has 1 aliphatic heterocycles. The number of anilines is 1. The number of aromatic nitrogens is 4. The van der Waals surface area contributed by atoms with E-state index in [4.69, 9.17) is 5.26 Å². The van der Waals surface area contributed by atoms with Crippen molar-refractivity contribution < 1.29 is 14.3 Å². The second kappa shape index (κ2) is 9.48. The minimum atomic E-state index is -1.00. The van der Waals surface area contributed by atoms with Gasteiger partial charge in [0.1, 0.15) is 23.0 Å². The Kier molecular flexibility index (Phi) is 6.19. The van der Waals surface area contributed by atoms with Crippen LogP contribution >= 0.6 is 0 Å². The Morgan fingerprint density at radius 2 is 1.86 bits per heavy atom. The van der Waals surface area contributed by atoms with Gasteiger partial charge >= 0.3 is 0 Å². The number of nitrogens with zero attached hydrogens (tertiary/aromatic N) is 6. The fourth-order valence-corrected chi connectivity index (χ4v) is 4.60. The maximum atomic E-state index is 14.8. The van der Waals surface area contributed by atoms with E-state index >= 15 is 0 Å². The van der Waals surface area contributed by atoms with Gasteiger partial charge in [-0.05, 0) is 43.7 Å². The molecule has 1 saturated heterocycles. The lowest BCUT2D eigenvalue weighted by Crippen LogP contribution is -2.51. The van der Waals surface area contributed by atoms with Crippen LogP contribution in [0.15, 0.2) is 47.3 Å². The lowest BCUT2D eigenvalue weighted by Gasteiger charge is -2.36. The molecule has 37 heavy (non-hydrogen) atoms. The third kappa shape index (κ3) is 4.43. The molecule has 10 nitrogen and oxygen atoms in total. The van der Waals surface area contributed by atoms with Crippen molar-refractivity contribution in [2.24, 2.45) is 0 Å². The number of carbonyl (C=O) groups is 1. The van der Waals surface area contributed by atoms with Crippen LogP contribution in [-0.2, 0) is 4.79 Å². The predicted molar refractivity (Wildman–Crippen MR) is 135 cm³/mol. The van der Waals surface area contributed by atoms with Gasteiger partial charge in [0.25, 0.3) is 11.5 Å². The number of H-pyrrole nitrogens is 1. The zero-order chi connectivity index (χ0) is 26.3. The van der Waals surface area contributed by atoms with Crippen molar-refractivity contribution in [3.63, 3.8) is 0 Å². The number of carbonyl (C=O) groups excluding carboxylic acids is 1. The highest BCUT2D eigenvalue weighted by Gasteiger charge is 2.24. The number of nitrogens with one attached hydrogen (secondary N) is 1. The van der Waals surface area contributed by atoms with Crippen molar-refractivity contribution in [2.45, 2.75) is 20.0 Å². The highest BCUT2D eigenvalue weighted by molar-refractivity contribution is 5.89. The molecular formula is C26H24FN7O3. The van der Waals surface area contributed by atoms with Crippen LogP contribution in [0.25, 0.3) is 28.0 Å². The SMILES string of the molecule is Cc1cc(C#N)cc(F)c1-n1nc2c(-c3ccc(N4CCN(C(=O)C(C)O)CC4)cc3)n[nH]c2cc1=O. The zero-order valence-electron chi connectivity index (χ0n) is 20.3. The lowest BCUT2D eigenvalue weighted by molar-refractivity contribution is -0.139. The molecule has 0 bridgehead atoms. The molecule has 11 heteroatoms. The number of rotatable bonds is 4. The molecule has 0 aliphatic carbocycles. The first kappa shape index (κ1) is 24.1. The van der Waals surface area contributed by atoms with Gasteiger partial charge in [0.05, 0.1) is 17.1 Å². The summed E-state index contributed by atoms with van der Waals surface area (Å²) in [6.07, 6.45) is -1.00. The third-order valence-corrected chi connectivity index (χ3v) is 6.49. The fraction of sp³-hybridized carbons (Fsp3) is 0.269. The second-order valence-electron chi connectivity index (χ2n) is 9.00. The van der Waals surface area contributed by atoms with Crippen LogP contribution in [-0.4, -0.2) is 68.2 Å². The van der Waals surface area contributed by atoms with Gasteiger partial charge < -0.3 is 14.9 Å². The Morgan fingerprint density at radius 1 is 1.16 bits per heavy atom. The summed E-state index contributed by atoms with van der Waals surface area (Å²) in [6, 6.07) is 13.5. The number of piperazine rings is 1. The molecule has 1 atom stereocenters. The molecule has 1 unspecified atom stereocenters. The van der Waals surface area contributed by atoms with Crippen LogP contribution < -0.4 is 10.5 Å². The first-order valence-electron chi connectivity index (χ1n) is 11.8. The monoisotopic (exact) mass is 501 g/mol. The Bertz CT molecular complexity index is 1570. The highest BCUT2D eigenvalue weighted by Crippen LogP contribution is 2.28. The standard InChI is InChI=1S/C26H24FN7O3/c1-15-11-17(14-28)12-20(27)25(15)34-22(36)13-21-24(31-34)23(30-29-21)18-3-5-19(6-4-18)32-7-9-33(10-8-32)26(37)16(2)35/h3-6,11-13,16,29,35H,7-10H2,1-2H3. The number of amides is 1. The van der Waals surface area contributed by atoms with Crippen LogP contribution in [0.4, 0.5) is 10.1 Å². The van der Waals surface area contributed by atoms with Crippen LogP contribution in [0.3, 0.4) is 0 Å². The number of hydrogen-bond donors (Lipinski definition) is 2. The van der Waals surface area contributed by atoms with Gasteiger partial charge in [-0.15, -0.1) is 0 Å². The van der Waals surface area contributed by atoms with Crippen LogP contribution in [0, 0.1) is 24.1 Å². The number of aryl methyl sites for hydroxylation is 1. The molecule has 1 amide bonds. The second-order valence-corrected chi connectivity index (χ2v) is 9.00. The van der Waals surface area contributed by atoms with E-state index in [9.17, 15) is 19.1 Å². The van der Waals surface area contributed by atoms with E-state index in [1.807, 2.05) is 30.3 Å². The number of aromatic amines is 1. The molecule has 5 rings (SSSR count). The molecule has 2 aromatic carbocycles. The molecule has 2 aromatic heterocycles. The Balaban J connectivity index is 1.44. The van der Waals surface area contributed by atoms with Crippen LogP contribution in [0.1, 0.15) is 18.1 Å². The average molecular weight is 502 g/mol. The number of nitriles is 1. The topological polar surface area (TPSA) is 131 Å². The first-order valence-corrected chi connectivity index (χ1v) is 11.8. The van der Waals surface area contributed by atoms with E-state index < -0.39 is 17.5 Å². The molecular weight excluding hydrogens is 477 g/mol. The average Bonchev–Trinajstić information content (AvgIpc) is 3.30. The summed E-state index contributed by atoms with van der Waals surface area (Å²) < 4.78 is 15.8. The van der Waals surface area contributed by atoms with Gasteiger partial charge in [0.15, 0.2) is 5.82 Å². The molecule has 0 radical (unpaired) electrons. The largest absolute Gasteiger partial charge is 0.384 e. The van der Waals surface area contributed by atoms with Gasteiger partial charge in [0, 0.05) is 43.5 Å². The normalized spacial score (nSPS) is 14.6. The minimum Gasteiger partial charge on any atom is -0.384 e. The van der Waals surface area contributed by atoms with Crippen LogP contribution in [0.5, 0.6) is 0 Å². The quantitative estimate of drug-likeness (QED) is 0.438. The van der Waals surface area contributed by atoms with Crippen molar-refractivity contribution in [1.82, 2.24) is 24.9 Å². The number of aliphatic hydroxyl groups is 1. The van der Waals surface area contributed by atoms with Crippen LogP contribution in [0.2, 0.25) is 0 Å². The van der Waals surface area contributed by atoms with Gasteiger partial charge in [-0.1, -0.05) is 12.1 Å². The maximum Gasteiger partial charge on any atom is 0.273 e. The van der Waals surface area contributed by atoms with E-state index in [1.165, 1.54) is 19.1 Å². The lowest BCUT2D eigenvalue weighted by atomic mass is 10.1. The van der Waals surface area contributed by atoms with Crippen molar-refractivity contribution in [2.75, 3.05) is 31.1 Å². The van der Waals surface area contributed by atoms with Crippen molar-refractivity contribution in [3.8, 4) is 23.0 Å². The molecule has 1 aliphatic rings. The van der Waals surface area contributed by atoms with E-state index in [-0.39, 0.29) is 17.2 Å². The Hall–Kier alpha value is -4.56. The Morgan fingerprint density at radius 3 is 2.49 bits per heavy atom. The molecule has 2 N–H and O–H groups in total. The van der Waals surface area contributed by atoms with Gasteiger partial charge in [-0.2, -0.15) is 20.1 Å². The molecule has 188 valence electrons. The predicted octanol–water partition coefficient (Wildman–Crippen LogP) is 2.12. The summed E-state index contributed by atoms with van der Waals surface area (Å²) in [5, 5.41) is 30.2. The van der Waals surface area contributed by atoms with Crippen molar-refractivity contribution in [1.29, 1.82) is 5.26 Å². The van der Waals surface area contributed by atoms with Gasteiger partial charge in [0.2, 0.25) is 0 Å². The molecule has 1 fully saturated rings. The first-order chi connectivity index (χ1) is 17.8. The van der Waals surface area contributed by atoms with Gasteiger partial charge in [-0.3, -0.25) is 14.7 Å². The summed E-state index contributed by atoms with van der Waals surface area (Å²) in [7, 11) is 0. The van der Waals surface area contributed by atoms with Crippen molar-refractivity contribution in [3.05, 3.63) is 69.8 Å². The number of aliphatic hydroxyl groups excluding tert-OH is 1. The van der Waals surface area contributed by atoms with E-state index in [0.717, 1.165) is 22.0 Å². The summed E-state index contributed by atoms with van der Waals surface area (Å²) in [5.74, 6) is -0.974. The summed E-state index contributed by atoms with van der Waals surface area (Å²) in [4.78, 5) is 28.6. The molecule has 0 saturated carbocycles. The maximum absolute atomic E-state index is 14.8. The minimum absolute atomic E-state index is 0.0124. The number of halogens is 1. The molecule has 3 heterocycles. The number of hydrogen-bond acceptors (Lipinski definition) is 7. The van der Waals surface area contributed by atoms with E-state index in [0.29, 0.717) is 48.5 Å². The number of benzene rings is 2.